The molecule has 0 bridgehead atoms. The standard InChI is InChI=1S/C29H28N4O4/c1-5-37-24-13-9-7-11-21(24)30-25(34)17-32-26-20-16-18(2)14-15-23(20)31(4)27(26)28(35)33(29(32)36)22-12-8-6-10-19(22)3/h6-16H,5,17H2,1-4H3,(H,30,34). The molecule has 0 saturated carbocycles. The van der Waals surface area contributed by atoms with Crippen LogP contribution in [0.3, 0.4) is 0 Å². The fourth-order valence-corrected chi connectivity index (χ4v) is 4.82. The van der Waals surface area contributed by atoms with Crippen LogP contribution >= 0.6 is 0 Å². The van der Waals surface area contributed by atoms with Crippen LogP contribution in [0, 0.1) is 13.8 Å². The van der Waals surface area contributed by atoms with Gasteiger partial charge < -0.3 is 14.6 Å². The van der Waals surface area contributed by atoms with E-state index in [0.29, 0.717) is 34.8 Å². The third kappa shape index (κ3) is 4.10. The first-order valence-electron chi connectivity index (χ1n) is 12.1. The van der Waals surface area contributed by atoms with E-state index in [9.17, 15) is 14.4 Å². The maximum Gasteiger partial charge on any atom is 0.336 e. The molecule has 8 nitrogen and oxygen atoms in total. The fourth-order valence-electron chi connectivity index (χ4n) is 4.82. The first kappa shape index (κ1) is 24.1. The second-order valence-electron chi connectivity index (χ2n) is 9.05. The number of amides is 1. The van der Waals surface area contributed by atoms with Crippen LogP contribution in [0.25, 0.3) is 27.6 Å². The van der Waals surface area contributed by atoms with Crippen molar-refractivity contribution in [2.75, 3.05) is 11.9 Å². The van der Waals surface area contributed by atoms with Gasteiger partial charge in [0.05, 0.1) is 29.0 Å². The molecule has 0 spiro atoms. The highest BCUT2D eigenvalue weighted by molar-refractivity contribution is 6.06. The summed E-state index contributed by atoms with van der Waals surface area (Å²) in [5.41, 5.74) is 3.35. The molecule has 1 amide bonds. The van der Waals surface area contributed by atoms with Gasteiger partial charge in [0, 0.05) is 12.4 Å². The molecule has 2 aromatic heterocycles. The van der Waals surface area contributed by atoms with E-state index in [-0.39, 0.29) is 6.54 Å². The van der Waals surface area contributed by atoms with E-state index >= 15 is 0 Å². The Kier molecular flexibility index (Phi) is 6.17. The van der Waals surface area contributed by atoms with Crippen LogP contribution in [-0.4, -0.2) is 26.2 Å². The topological polar surface area (TPSA) is 87.3 Å². The van der Waals surface area contributed by atoms with Crippen molar-refractivity contribution in [3.8, 4) is 11.4 Å². The molecule has 1 N–H and O–H groups in total. The number of para-hydroxylation sites is 3. The van der Waals surface area contributed by atoms with Gasteiger partial charge in [0.15, 0.2) is 0 Å². The third-order valence-corrected chi connectivity index (χ3v) is 6.55. The summed E-state index contributed by atoms with van der Waals surface area (Å²) >= 11 is 0. The van der Waals surface area contributed by atoms with E-state index in [1.807, 2.05) is 57.2 Å². The maximum atomic E-state index is 14.0. The number of ether oxygens (including phenoxy) is 1. The number of benzene rings is 3. The van der Waals surface area contributed by atoms with Gasteiger partial charge in [0.2, 0.25) is 5.91 Å². The second-order valence-corrected chi connectivity index (χ2v) is 9.05. The molecule has 8 heteroatoms. The number of carbonyl (C=O) groups excluding carboxylic acids is 1. The highest BCUT2D eigenvalue weighted by atomic mass is 16.5. The van der Waals surface area contributed by atoms with E-state index in [1.54, 1.807) is 41.9 Å². The quantitative estimate of drug-likeness (QED) is 0.380. The van der Waals surface area contributed by atoms with Gasteiger partial charge >= 0.3 is 5.69 Å². The number of hydrogen-bond acceptors (Lipinski definition) is 4. The lowest BCUT2D eigenvalue weighted by molar-refractivity contribution is -0.116. The van der Waals surface area contributed by atoms with Crippen molar-refractivity contribution < 1.29 is 9.53 Å². The molecule has 0 aliphatic heterocycles. The molecular weight excluding hydrogens is 468 g/mol. The van der Waals surface area contributed by atoms with Crippen molar-refractivity contribution in [1.29, 1.82) is 0 Å². The zero-order valence-corrected chi connectivity index (χ0v) is 21.2. The minimum absolute atomic E-state index is 0.283. The Labute approximate surface area is 213 Å². The van der Waals surface area contributed by atoms with Crippen LogP contribution < -0.4 is 21.3 Å². The maximum absolute atomic E-state index is 14.0. The van der Waals surface area contributed by atoms with Crippen LogP contribution in [-0.2, 0) is 18.4 Å². The van der Waals surface area contributed by atoms with Crippen LogP contribution in [0.1, 0.15) is 18.1 Å². The molecule has 0 fully saturated rings. The molecule has 5 rings (SSSR count). The zero-order valence-electron chi connectivity index (χ0n) is 21.2. The van der Waals surface area contributed by atoms with Gasteiger partial charge in [0.1, 0.15) is 17.8 Å². The van der Waals surface area contributed by atoms with Gasteiger partial charge in [-0.25, -0.2) is 9.36 Å². The summed E-state index contributed by atoms with van der Waals surface area (Å²) in [6.45, 7) is 5.83. The van der Waals surface area contributed by atoms with Gasteiger partial charge in [-0.05, 0) is 56.7 Å². The number of fused-ring (bicyclic) bond motifs is 3. The lowest BCUT2D eigenvalue weighted by atomic mass is 10.1. The number of carbonyl (C=O) groups is 1. The molecule has 5 aromatic rings. The molecule has 0 saturated heterocycles. The van der Waals surface area contributed by atoms with Crippen molar-refractivity contribution in [1.82, 2.24) is 13.7 Å². The van der Waals surface area contributed by atoms with Crippen LogP contribution in [0.2, 0.25) is 0 Å². The summed E-state index contributed by atoms with van der Waals surface area (Å²) in [6, 6.07) is 20.2. The van der Waals surface area contributed by atoms with E-state index in [4.69, 9.17) is 4.74 Å². The van der Waals surface area contributed by atoms with Crippen molar-refractivity contribution in [2.45, 2.75) is 27.3 Å². The summed E-state index contributed by atoms with van der Waals surface area (Å²) in [7, 11) is 1.80. The predicted molar refractivity (Wildman–Crippen MR) is 146 cm³/mol. The molecule has 0 atom stereocenters. The van der Waals surface area contributed by atoms with E-state index in [1.165, 1.54) is 4.57 Å². The number of aromatic nitrogens is 3. The first-order valence-corrected chi connectivity index (χ1v) is 12.1. The highest BCUT2D eigenvalue weighted by Gasteiger charge is 2.23. The Bertz CT molecular complexity index is 1790. The zero-order chi connectivity index (χ0) is 26.3. The Morgan fingerprint density at radius 1 is 0.946 bits per heavy atom. The summed E-state index contributed by atoms with van der Waals surface area (Å²) < 4.78 is 9.97. The van der Waals surface area contributed by atoms with E-state index in [2.05, 4.69) is 5.32 Å². The number of anilines is 1. The third-order valence-electron chi connectivity index (χ3n) is 6.55. The van der Waals surface area contributed by atoms with Crippen molar-refractivity contribution in [2.24, 2.45) is 7.05 Å². The highest BCUT2D eigenvalue weighted by Crippen LogP contribution is 2.28. The molecule has 0 unspecified atom stereocenters. The van der Waals surface area contributed by atoms with Crippen LogP contribution in [0.15, 0.2) is 76.3 Å². The Morgan fingerprint density at radius 2 is 1.68 bits per heavy atom. The Morgan fingerprint density at radius 3 is 2.43 bits per heavy atom. The second kappa shape index (κ2) is 9.46. The van der Waals surface area contributed by atoms with Gasteiger partial charge in [0.25, 0.3) is 5.56 Å². The summed E-state index contributed by atoms with van der Waals surface area (Å²) in [5, 5.41) is 3.61. The van der Waals surface area contributed by atoms with Crippen molar-refractivity contribution in [3.63, 3.8) is 0 Å². The number of aryl methyl sites for hydroxylation is 3. The minimum Gasteiger partial charge on any atom is -0.492 e. The van der Waals surface area contributed by atoms with Crippen LogP contribution in [0.5, 0.6) is 5.75 Å². The van der Waals surface area contributed by atoms with Gasteiger partial charge in [-0.15, -0.1) is 0 Å². The molecule has 0 radical (unpaired) electrons. The SMILES string of the molecule is CCOc1ccccc1NC(=O)Cn1c(=O)n(-c2ccccc2C)c(=O)c2c1c1cc(C)ccc1n2C. The smallest absolute Gasteiger partial charge is 0.336 e. The molecule has 37 heavy (non-hydrogen) atoms. The number of nitrogens with zero attached hydrogens (tertiary/aromatic N) is 3. The number of nitrogens with one attached hydrogen (secondary N) is 1. The predicted octanol–water partition coefficient (Wildman–Crippen LogP) is 4.30. The summed E-state index contributed by atoms with van der Waals surface area (Å²) in [5.74, 6) is 0.136. The summed E-state index contributed by atoms with van der Waals surface area (Å²) in [6.07, 6.45) is 0. The van der Waals surface area contributed by atoms with Crippen LogP contribution in [0.4, 0.5) is 5.69 Å². The minimum atomic E-state index is -0.575. The van der Waals surface area contributed by atoms with Gasteiger partial charge in [-0.2, -0.15) is 0 Å². The molecule has 0 aliphatic rings. The molecular formula is C29H28N4O4. The largest absolute Gasteiger partial charge is 0.492 e. The molecule has 188 valence electrons. The molecule has 0 aliphatic carbocycles. The van der Waals surface area contributed by atoms with Gasteiger partial charge in [-0.1, -0.05) is 42.0 Å². The van der Waals surface area contributed by atoms with Crippen molar-refractivity contribution >= 4 is 33.5 Å². The monoisotopic (exact) mass is 496 g/mol. The normalized spacial score (nSPS) is 11.2. The Balaban J connectivity index is 1.76. The lowest BCUT2D eigenvalue weighted by Gasteiger charge is -2.15. The average Bonchev–Trinajstić information content (AvgIpc) is 3.16. The molecule has 3 aromatic carbocycles. The summed E-state index contributed by atoms with van der Waals surface area (Å²) in [4.78, 5) is 41.1. The fraction of sp³-hybridized carbons (Fsp3) is 0.207. The number of hydrogen-bond donors (Lipinski definition) is 1. The molecule has 2 heterocycles. The van der Waals surface area contributed by atoms with Gasteiger partial charge in [-0.3, -0.25) is 14.2 Å². The number of rotatable bonds is 6. The van der Waals surface area contributed by atoms with E-state index in [0.717, 1.165) is 26.6 Å². The van der Waals surface area contributed by atoms with Crippen molar-refractivity contribution in [3.05, 3.63) is 98.7 Å². The van der Waals surface area contributed by atoms with E-state index < -0.39 is 17.2 Å². The average molecular weight is 497 g/mol. The Hall–Kier alpha value is -4.59. The first-order chi connectivity index (χ1) is 17.8. The lowest BCUT2D eigenvalue weighted by Crippen LogP contribution is -2.41.